The first-order valence-electron chi connectivity index (χ1n) is 16.9. The van der Waals surface area contributed by atoms with E-state index in [0.29, 0.717) is 54.0 Å². The number of aromatic nitrogens is 3. The molecule has 3 atom stereocenters. The molecule has 260 valence electrons. The summed E-state index contributed by atoms with van der Waals surface area (Å²) in [5.41, 5.74) is 2.07. The van der Waals surface area contributed by atoms with E-state index in [1.807, 2.05) is 71.0 Å². The van der Waals surface area contributed by atoms with Crippen LogP contribution in [0, 0.1) is 6.92 Å². The number of carbonyl (C=O) groups is 1. The standard InChI is InChI=1S/C36H45N7O5S/c1-23-16-17-26-27(12-7-14-30(26)42-49(45,46)31-15-6-10-24(2)39-31)32(23)47-33-28(13-8-19-37-33)29-18-20-38-34(41-29)40-25-11-9-21-43(22-25)35(44)48-36(3,4)5/h7-8,12-14,16-20,24-25,31,39,42H,6,9-11,15,21-22H2,1-5H3,(H,38,40,41). The molecule has 2 fully saturated rings. The monoisotopic (exact) mass is 687 g/mol. The quantitative estimate of drug-likeness (QED) is 0.180. The highest BCUT2D eigenvalue weighted by atomic mass is 32.2. The lowest BCUT2D eigenvalue weighted by Gasteiger charge is -2.34. The summed E-state index contributed by atoms with van der Waals surface area (Å²) in [5, 5.41) is 7.43. The lowest BCUT2D eigenvalue weighted by atomic mass is 10.0. The lowest BCUT2D eigenvalue weighted by Crippen LogP contribution is -2.47. The Bertz CT molecular complexity index is 1930. The van der Waals surface area contributed by atoms with E-state index in [0.717, 1.165) is 42.0 Å². The summed E-state index contributed by atoms with van der Waals surface area (Å²) in [7, 11) is -3.68. The average Bonchev–Trinajstić information content (AvgIpc) is 3.06. The number of likely N-dealkylation sites (tertiary alicyclic amines) is 1. The number of benzene rings is 2. The molecule has 2 aromatic carbocycles. The van der Waals surface area contributed by atoms with Crippen molar-refractivity contribution < 1.29 is 22.7 Å². The number of nitrogens with one attached hydrogen (secondary N) is 3. The molecule has 4 aromatic rings. The molecule has 0 saturated carbocycles. The summed E-state index contributed by atoms with van der Waals surface area (Å²) in [6.45, 7) is 10.7. The van der Waals surface area contributed by atoms with E-state index in [1.165, 1.54) is 0 Å². The van der Waals surface area contributed by atoms with Crippen LogP contribution in [0.4, 0.5) is 16.4 Å². The Balaban J connectivity index is 1.24. The number of amides is 1. The van der Waals surface area contributed by atoms with Gasteiger partial charge in [0.2, 0.25) is 21.9 Å². The molecule has 49 heavy (non-hydrogen) atoms. The van der Waals surface area contributed by atoms with Crippen LogP contribution in [0.5, 0.6) is 11.6 Å². The Kier molecular flexibility index (Phi) is 9.94. The zero-order chi connectivity index (χ0) is 34.8. The van der Waals surface area contributed by atoms with Crippen molar-refractivity contribution in [2.75, 3.05) is 23.1 Å². The summed E-state index contributed by atoms with van der Waals surface area (Å²) >= 11 is 0. The van der Waals surface area contributed by atoms with E-state index in [1.54, 1.807) is 29.4 Å². The smallest absolute Gasteiger partial charge is 0.410 e. The van der Waals surface area contributed by atoms with Gasteiger partial charge >= 0.3 is 6.09 Å². The second kappa shape index (κ2) is 14.2. The molecule has 3 unspecified atom stereocenters. The molecule has 2 saturated heterocycles. The van der Waals surface area contributed by atoms with Gasteiger partial charge in [0.15, 0.2) is 0 Å². The predicted molar refractivity (Wildman–Crippen MR) is 191 cm³/mol. The molecule has 13 heteroatoms. The van der Waals surface area contributed by atoms with Crippen molar-refractivity contribution in [1.82, 2.24) is 25.2 Å². The van der Waals surface area contributed by atoms with Crippen LogP contribution in [-0.4, -0.2) is 70.5 Å². The highest BCUT2D eigenvalue weighted by Gasteiger charge is 2.31. The third-order valence-electron chi connectivity index (χ3n) is 8.72. The van der Waals surface area contributed by atoms with E-state index in [-0.39, 0.29) is 18.2 Å². The Morgan fingerprint density at radius 2 is 1.82 bits per heavy atom. The van der Waals surface area contributed by atoms with Crippen LogP contribution in [0.2, 0.25) is 0 Å². The second-order valence-corrected chi connectivity index (χ2v) is 15.7. The second-order valence-electron chi connectivity index (χ2n) is 13.9. The van der Waals surface area contributed by atoms with Crippen LogP contribution < -0.4 is 20.1 Å². The van der Waals surface area contributed by atoms with E-state index in [2.05, 4.69) is 25.3 Å². The maximum atomic E-state index is 13.4. The SMILES string of the molecule is Cc1ccc2c(NS(=O)(=O)C3CCCC(C)N3)cccc2c1Oc1ncccc1-c1ccnc(NC2CCCN(C(=O)OC(C)(C)C)C2)n1. The van der Waals surface area contributed by atoms with Crippen LogP contribution in [0.25, 0.3) is 22.0 Å². The summed E-state index contributed by atoms with van der Waals surface area (Å²) in [6.07, 6.45) is 7.09. The highest BCUT2D eigenvalue weighted by molar-refractivity contribution is 7.93. The molecular weight excluding hydrogens is 643 g/mol. The van der Waals surface area contributed by atoms with E-state index in [4.69, 9.17) is 14.5 Å². The molecule has 6 rings (SSSR count). The number of hydrogen-bond donors (Lipinski definition) is 3. The molecular formula is C36H45N7O5S. The number of sulfonamides is 1. The fourth-order valence-electron chi connectivity index (χ4n) is 6.34. The largest absolute Gasteiger partial charge is 0.444 e. The van der Waals surface area contributed by atoms with Crippen LogP contribution in [0.1, 0.15) is 65.4 Å². The maximum Gasteiger partial charge on any atom is 0.410 e. The van der Waals surface area contributed by atoms with Gasteiger partial charge in [-0.15, -0.1) is 0 Å². The van der Waals surface area contributed by atoms with E-state index in [9.17, 15) is 13.2 Å². The molecule has 2 aliphatic heterocycles. The molecule has 4 heterocycles. The number of hydrogen-bond acceptors (Lipinski definition) is 10. The van der Waals surface area contributed by atoms with Crippen LogP contribution in [0.3, 0.4) is 0 Å². The Morgan fingerprint density at radius 1 is 0.980 bits per heavy atom. The minimum atomic E-state index is -3.68. The molecule has 1 amide bonds. The fraction of sp³-hybridized carbons (Fsp3) is 0.444. The molecule has 0 aliphatic carbocycles. The zero-order valence-electron chi connectivity index (χ0n) is 28.7. The van der Waals surface area contributed by atoms with Crippen molar-refractivity contribution in [3.63, 3.8) is 0 Å². The van der Waals surface area contributed by atoms with Crippen molar-refractivity contribution in [2.45, 2.75) is 89.8 Å². The van der Waals surface area contributed by atoms with Gasteiger partial charge in [0.05, 0.1) is 16.9 Å². The van der Waals surface area contributed by atoms with Crippen LogP contribution >= 0.6 is 0 Å². The summed E-state index contributed by atoms with van der Waals surface area (Å²) in [5.74, 6) is 1.35. The topological polar surface area (TPSA) is 148 Å². The fourth-order valence-corrected chi connectivity index (χ4v) is 7.85. The summed E-state index contributed by atoms with van der Waals surface area (Å²) in [6, 6.07) is 14.9. The van der Waals surface area contributed by atoms with Gasteiger partial charge in [0, 0.05) is 48.3 Å². The highest BCUT2D eigenvalue weighted by Crippen LogP contribution is 2.39. The van der Waals surface area contributed by atoms with E-state index < -0.39 is 21.0 Å². The Hall–Kier alpha value is -4.49. The van der Waals surface area contributed by atoms with Crippen LogP contribution in [0.15, 0.2) is 60.9 Å². The first kappa shape index (κ1) is 34.4. The van der Waals surface area contributed by atoms with Crippen molar-refractivity contribution >= 4 is 38.5 Å². The van der Waals surface area contributed by atoms with Crippen molar-refractivity contribution in [3.05, 3.63) is 66.5 Å². The molecule has 0 spiro atoms. The number of pyridine rings is 1. The predicted octanol–water partition coefficient (Wildman–Crippen LogP) is 6.83. The van der Waals surface area contributed by atoms with Crippen LogP contribution in [-0.2, 0) is 14.8 Å². The lowest BCUT2D eigenvalue weighted by molar-refractivity contribution is 0.0206. The van der Waals surface area contributed by atoms with Crippen molar-refractivity contribution in [3.8, 4) is 22.9 Å². The van der Waals surface area contributed by atoms with Gasteiger partial charge in [-0.1, -0.05) is 24.3 Å². The number of carbonyl (C=O) groups excluding carboxylic acids is 1. The molecule has 0 bridgehead atoms. The van der Waals surface area contributed by atoms with Gasteiger partial charge in [-0.05, 0) is 96.6 Å². The number of piperidine rings is 2. The number of rotatable bonds is 8. The van der Waals surface area contributed by atoms with Gasteiger partial charge in [0.1, 0.15) is 16.7 Å². The maximum absolute atomic E-state index is 13.4. The number of aryl methyl sites for hydroxylation is 1. The minimum Gasteiger partial charge on any atom is -0.444 e. The first-order chi connectivity index (χ1) is 23.4. The third kappa shape index (κ3) is 8.22. The number of ether oxygens (including phenoxy) is 2. The first-order valence-corrected chi connectivity index (χ1v) is 18.4. The van der Waals surface area contributed by atoms with Gasteiger partial charge < -0.3 is 19.7 Å². The Labute approximate surface area is 288 Å². The van der Waals surface area contributed by atoms with Gasteiger partial charge in [-0.2, -0.15) is 0 Å². The summed E-state index contributed by atoms with van der Waals surface area (Å²) < 4.78 is 41.7. The zero-order valence-corrected chi connectivity index (χ0v) is 29.5. The third-order valence-corrected chi connectivity index (χ3v) is 10.3. The molecule has 0 radical (unpaired) electrons. The average molecular weight is 688 g/mol. The van der Waals surface area contributed by atoms with Crippen molar-refractivity contribution in [1.29, 1.82) is 0 Å². The molecule has 2 aromatic heterocycles. The number of anilines is 2. The normalized spacial score (nSPS) is 20.1. The number of fused-ring (bicyclic) bond motifs is 1. The Morgan fingerprint density at radius 3 is 2.61 bits per heavy atom. The molecule has 2 aliphatic rings. The molecule has 12 nitrogen and oxygen atoms in total. The van der Waals surface area contributed by atoms with Gasteiger partial charge in [0.25, 0.3) is 0 Å². The van der Waals surface area contributed by atoms with Crippen molar-refractivity contribution in [2.24, 2.45) is 0 Å². The summed E-state index contributed by atoms with van der Waals surface area (Å²) in [4.78, 5) is 28.2. The minimum absolute atomic E-state index is 0.0385. The van der Waals surface area contributed by atoms with Gasteiger partial charge in [-0.3, -0.25) is 10.0 Å². The molecule has 3 N–H and O–H groups in total. The number of nitrogens with zero attached hydrogens (tertiary/aromatic N) is 4. The van der Waals surface area contributed by atoms with E-state index >= 15 is 0 Å². The van der Waals surface area contributed by atoms with Gasteiger partial charge in [-0.25, -0.2) is 28.2 Å².